The molecular formula is C24H27N5O3S. The number of benzene rings is 2. The third kappa shape index (κ3) is 4.99. The quantitative estimate of drug-likeness (QED) is 0.410. The van der Waals surface area contributed by atoms with E-state index in [2.05, 4.69) is 25.5 Å². The molecule has 9 heteroatoms. The van der Waals surface area contributed by atoms with Crippen LogP contribution >= 0.6 is 0 Å². The fraction of sp³-hybridized carbons (Fsp3) is 0.250. The average molecular weight is 466 g/mol. The van der Waals surface area contributed by atoms with Crippen molar-refractivity contribution in [2.75, 3.05) is 12.8 Å². The molecule has 0 saturated heterocycles. The van der Waals surface area contributed by atoms with E-state index in [0.29, 0.717) is 34.3 Å². The predicted octanol–water partition coefficient (Wildman–Crippen LogP) is 4.32. The van der Waals surface area contributed by atoms with Crippen LogP contribution in [0.3, 0.4) is 0 Å². The predicted molar refractivity (Wildman–Crippen MR) is 128 cm³/mol. The van der Waals surface area contributed by atoms with E-state index in [9.17, 15) is 8.42 Å². The highest BCUT2D eigenvalue weighted by molar-refractivity contribution is 7.91. The molecule has 4 rings (SSSR count). The van der Waals surface area contributed by atoms with Crippen molar-refractivity contribution in [2.45, 2.75) is 31.7 Å². The third-order valence-electron chi connectivity index (χ3n) is 5.15. The standard InChI is InChI=1S/C24H25N5O3S.H2/c1-4-13-33(30,31)20-11-9-18(10-12-20)21-15-26-16(2)22(27-21)24-29-28-23(32-24)19-7-5-17(6-8-19)14-25-3;/h5-12,15,25H,4,13-14H2,1-3H3;1H. The Balaban J connectivity index is 0.00000324. The van der Waals surface area contributed by atoms with E-state index < -0.39 is 9.84 Å². The highest BCUT2D eigenvalue weighted by Gasteiger charge is 2.17. The molecule has 1 N–H and O–H groups in total. The fourth-order valence-electron chi connectivity index (χ4n) is 3.42. The molecule has 0 fully saturated rings. The molecule has 172 valence electrons. The van der Waals surface area contributed by atoms with Crippen LogP contribution in [0.15, 0.2) is 64.0 Å². The van der Waals surface area contributed by atoms with Crippen molar-refractivity contribution in [3.8, 4) is 34.3 Å². The van der Waals surface area contributed by atoms with Crippen LogP contribution in [-0.2, 0) is 16.4 Å². The summed E-state index contributed by atoms with van der Waals surface area (Å²) in [6, 6.07) is 14.6. The summed E-state index contributed by atoms with van der Waals surface area (Å²) in [7, 11) is -1.37. The minimum Gasteiger partial charge on any atom is -0.415 e. The minimum atomic E-state index is -3.27. The summed E-state index contributed by atoms with van der Waals surface area (Å²) >= 11 is 0. The second kappa shape index (κ2) is 9.60. The smallest absolute Gasteiger partial charge is 0.268 e. The number of nitrogens with one attached hydrogen (secondary N) is 1. The van der Waals surface area contributed by atoms with Crippen LogP contribution in [0.4, 0.5) is 0 Å². The molecule has 0 aliphatic heterocycles. The highest BCUT2D eigenvalue weighted by atomic mass is 32.2. The van der Waals surface area contributed by atoms with E-state index in [-0.39, 0.29) is 13.1 Å². The maximum Gasteiger partial charge on any atom is 0.268 e. The van der Waals surface area contributed by atoms with Gasteiger partial charge in [0, 0.05) is 19.1 Å². The van der Waals surface area contributed by atoms with Gasteiger partial charge in [0.15, 0.2) is 9.84 Å². The van der Waals surface area contributed by atoms with Gasteiger partial charge in [0.1, 0.15) is 5.69 Å². The van der Waals surface area contributed by atoms with Crippen molar-refractivity contribution in [1.29, 1.82) is 0 Å². The normalized spacial score (nSPS) is 11.6. The molecule has 0 atom stereocenters. The van der Waals surface area contributed by atoms with E-state index >= 15 is 0 Å². The number of rotatable bonds is 8. The molecule has 0 spiro atoms. The second-order valence-corrected chi connectivity index (χ2v) is 9.78. The van der Waals surface area contributed by atoms with E-state index in [4.69, 9.17) is 4.42 Å². The third-order valence-corrected chi connectivity index (χ3v) is 7.08. The molecule has 2 aromatic carbocycles. The second-order valence-electron chi connectivity index (χ2n) is 7.67. The zero-order valence-electron chi connectivity index (χ0n) is 18.7. The zero-order valence-corrected chi connectivity index (χ0v) is 19.6. The van der Waals surface area contributed by atoms with Crippen LogP contribution in [0, 0.1) is 6.92 Å². The van der Waals surface area contributed by atoms with Crippen molar-refractivity contribution >= 4 is 9.84 Å². The van der Waals surface area contributed by atoms with Gasteiger partial charge in [-0.25, -0.2) is 13.4 Å². The van der Waals surface area contributed by atoms with Crippen LogP contribution in [-0.4, -0.2) is 41.4 Å². The van der Waals surface area contributed by atoms with Gasteiger partial charge in [-0.3, -0.25) is 4.98 Å². The molecule has 8 nitrogen and oxygen atoms in total. The molecule has 0 bridgehead atoms. The van der Waals surface area contributed by atoms with Gasteiger partial charge >= 0.3 is 0 Å². The molecule has 0 aliphatic carbocycles. The van der Waals surface area contributed by atoms with Gasteiger partial charge in [-0.2, -0.15) is 0 Å². The Kier molecular flexibility index (Phi) is 6.62. The van der Waals surface area contributed by atoms with Gasteiger partial charge in [-0.15, -0.1) is 10.2 Å². The van der Waals surface area contributed by atoms with Gasteiger partial charge in [-0.1, -0.05) is 31.2 Å². The van der Waals surface area contributed by atoms with Crippen LogP contribution in [0.1, 0.15) is 26.0 Å². The highest BCUT2D eigenvalue weighted by Crippen LogP contribution is 2.27. The molecule has 0 amide bonds. The maximum atomic E-state index is 12.3. The number of aromatic nitrogens is 4. The number of hydrogen-bond donors (Lipinski definition) is 1. The lowest BCUT2D eigenvalue weighted by atomic mass is 10.1. The fourth-order valence-corrected chi connectivity index (χ4v) is 4.74. The lowest BCUT2D eigenvalue weighted by molar-refractivity contribution is 0.581. The van der Waals surface area contributed by atoms with Gasteiger partial charge in [0.25, 0.3) is 5.89 Å². The van der Waals surface area contributed by atoms with Crippen LogP contribution in [0.5, 0.6) is 0 Å². The summed E-state index contributed by atoms with van der Waals surface area (Å²) in [6.45, 7) is 4.45. The number of hydrogen-bond acceptors (Lipinski definition) is 8. The Labute approximate surface area is 194 Å². The van der Waals surface area contributed by atoms with Gasteiger partial charge in [0.05, 0.1) is 28.2 Å². The van der Waals surface area contributed by atoms with Crippen molar-refractivity contribution in [3.63, 3.8) is 0 Å². The Hall–Kier alpha value is -3.43. The van der Waals surface area contributed by atoms with E-state index in [1.54, 1.807) is 30.5 Å². The largest absolute Gasteiger partial charge is 0.415 e. The summed E-state index contributed by atoms with van der Waals surface area (Å²) in [5, 5.41) is 11.5. The first-order chi connectivity index (χ1) is 15.9. The van der Waals surface area contributed by atoms with Crippen LogP contribution in [0.25, 0.3) is 34.3 Å². The Morgan fingerprint density at radius 2 is 1.64 bits per heavy atom. The van der Waals surface area contributed by atoms with Gasteiger partial charge in [0.2, 0.25) is 5.89 Å². The molecule has 0 unspecified atom stereocenters. The number of aryl methyl sites for hydroxylation is 1. The van der Waals surface area contributed by atoms with E-state index in [1.165, 1.54) is 0 Å². The summed E-state index contributed by atoms with van der Waals surface area (Å²) < 4.78 is 30.4. The van der Waals surface area contributed by atoms with Crippen molar-refractivity contribution in [1.82, 2.24) is 25.5 Å². The molecular weight excluding hydrogens is 438 g/mol. The van der Waals surface area contributed by atoms with Crippen molar-refractivity contribution in [2.24, 2.45) is 0 Å². The molecule has 2 heterocycles. The monoisotopic (exact) mass is 465 g/mol. The summed E-state index contributed by atoms with van der Waals surface area (Å²) in [5.41, 5.74) is 4.45. The zero-order chi connectivity index (χ0) is 23.4. The SMILES string of the molecule is CCCS(=O)(=O)c1ccc(-c2cnc(C)c(-c3nnc(-c4ccc(CNC)cc4)o3)n2)cc1.[HH]. The van der Waals surface area contributed by atoms with Crippen LogP contribution in [0.2, 0.25) is 0 Å². The molecule has 33 heavy (non-hydrogen) atoms. The van der Waals surface area contributed by atoms with Crippen molar-refractivity contribution in [3.05, 3.63) is 66.0 Å². The average Bonchev–Trinajstić information content (AvgIpc) is 3.30. The molecule has 0 aliphatic rings. The molecule has 4 aromatic rings. The van der Waals surface area contributed by atoms with Crippen molar-refractivity contribution < 1.29 is 14.3 Å². The van der Waals surface area contributed by atoms with Crippen LogP contribution < -0.4 is 5.32 Å². The summed E-state index contributed by atoms with van der Waals surface area (Å²) in [4.78, 5) is 9.40. The first-order valence-corrected chi connectivity index (χ1v) is 12.3. The van der Waals surface area contributed by atoms with Gasteiger partial charge < -0.3 is 9.73 Å². The Morgan fingerprint density at radius 1 is 0.970 bits per heavy atom. The molecule has 0 saturated carbocycles. The summed E-state index contributed by atoms with van der Waals surface area (Å²) in [5.74, 6) is 0.801. The summed E-state index contributed by atoms with van der Waals surface area (Å²) in [6.07, 6.45) is 2.22. The number of nitrogens with zero attached hydrogens (tertiary/aromatic N) is 4. The Morgan fingerprint density at radius 3 is 2.30 bits per heavy atom. The first kappa shape index (κ1) is 22.8. The molecule has 2 aromatic heterocycles. The lowest BCUT2D eigenvalue weighted by Gasteiger charge is -2.07. The topological polar surface area (TPSA) is 111 Å². The molecule has 0 radical (unpaired) electrons. The van der Waals surface area contributed by atoms with E-state index in [1.807, 2.05) is 45.2 Å². The first-order valence-electron chi connectivity index (χ1n) is 10.7. The van der Waals surface area contributed by atoms with Gasteiger partial charge in [-0.05, 0) is 50.2 Å². The lowest BCUT2D eigenvalue weighted by Crippen LogP contribution is -2.05. The number of sulfone groups is 1. The maximum absolute atomic E-state index is 12.3. The minimum absolute atomic E-state index is 0. The van der Waals surface area contributed by atoms with E-state index in [0.717, 1.165) is 23.2 Å². The Bertz CT molecular complexity index is 1350.